The van der Waals surface area contributed by atoms with E-state index in [-0.39, 0.29) is 17.9 Å². The SMILES string of the molecule is CNC1CCCCC1Oc1ccccc1S(=O)(=O)C(F)F. The van der Waals surface area contributed by atoms with Gasteiger partial charge in [0.2, 0.25) is 9.84 Å². The summed E-state index contributed by atoms with van der Waals surface area (Å²) in [5, 5.41) is 3.13. The normalized spacial score (nSPS) is 23.2. The molecule has 2 unspecified atom stereocenters. The molecule has 0 heterocycles. The lowest BCUT2D eigenvalue weighted by Crippen LogP contribution is -2.43. The second-order valence-electron chi connectivity index (χ2n) is 5.09. The Morgan fingerprint density at radius 1 is 1.24 bits per heavy atom. The fourth-order valence-corrected chi connectivity index (χ4v) is 3.47. The van der Waals surface area contributed by atoms with Crippen LogP contribution in [0.1, 0.15) is 25.7 Å². The molecule has 1 aromatic carbocycles. The van der Waals surface area contributed by atoms with E-state index in [0.29, 0.717) is 0 Å². The monoisotopic (exact) mass is 319 g/mol. The summed E-state index contributed by atoms with van der Waals surface area (Å²) in [5.41, 5.74) is 0. The van der Waals surface area contributed by atoms with Gasteiger partial charge in [-0.15, -0.1) is 0 Å². The third kappa shape index (κ3) is 3.52. The molecule has 1 N–H and O–H groups in total. The van der Waals surface area contributed by atoms with E-state index in [0.717, 1.165) is 31.7 Å². The molecule has 1 saturated carbocycles. The molecule has 4 nitrogen and oxygen atoms in total. The summed E-state index contributed by atoms with van der Waals surface area (Å²) in [4.78, 5) is -0.444. The van der Waals surface area contributed by atoms with Gasteiger partial charge in [0.15, 0.2) is 0 Å². The lowest BCUT2D eigenvalue weighted by Gasteiger charge is -2.32. The number of para-hydroxylation sites is 1. The van der Waals surface area contributed by atoms with Gasteiger partial charge >= 0.3 is 5.76 Å². The minimum atomic E-state index is -4.66. The van der Waals surface area contributed by atoms with Gasteiger partial charge in [-0.25, -0.2) is 8.42 Å². The number of nitrogens with one attached hydrogen (secondary N) is 1. The van der Waals surface area contributed by atoms with Crippen molar-refractivity contribution in [2.24, 2.45) is 0 Å². The number of rotatable bonds is 5. The van der Waals surface area contributed by atoms with Crippen LogP contribution in [-0.4, -0.2) is 33.4 Å². The Labute approximate surface area is 123 Å². The highest BCUT2D eigenvalue weighted by Gasteiger charge is 2.32. The van der Waals surface area contributed by atoms with E-state index in [1.807, 2.05) is 7.05 Å². The van der Waals surface area contributed by atoms with Crippen LogP contribution in [0.25, 0.3) is 0 Å². The van der Waals surface area contributed by atoms with E-state index in [2.05, 4.69) is 5.32 Å². The quantitative estimate of drug-likeness (QED) is 0.906. The molecule has 118 valence electrons. The van der Waals surface area contributed by atoms with E-state index < -0.39 is 20.5 Å². The van der Waals surface area contributed by atoms with E-state index in [1.165, 1.54) is 12.1 Å². The van der Waals surface area contributed by atoms with E-state index in [9.17, 15) is 17.2 Å². The first-order valence-electron chi connectivity index (χ1n) is 6.92. The van der Waals surface area contributed by atoms with E-state index in [1.54, 1.807) is 6.07 Å². The molecule has 7 heteroatoms. The Bertz CT molecular complexity index is 577. The zero-order valence-corrected chi connectivity index (χ0v) is 12.6. The first-order valence-corrected chi connectivity index (χ1v) is 8.46. The van der Waals surface area contributed by atoms with Gasteiger partial charge in [-0.3, -0.25) is 0 Å². The van der Waals surface area contributed by atoms with Crippen LogP contribution in [0.2, 0.25) is 0 Å². The highest BCUT2D eigenvalue weighted by Crippen LogP contribution is 2.31. The summed E-state index contributed by atoms with van der Waals surface area (Å²) >= 11 is 0. The van der Waals surface area contributed by atoms with E-state index >= 15 is 0 Å². The minimum absolute atomic E-state index is 0.00458. The summed E-state index contributed by atoms with van der Waals surface area (Å²) in [6.07, 6.45) is 3.53. The van der Waals surface area contributed by atoms with Crippen molar-refractivity contribution >= 4 is 9.84 Å². The molecule has 0 amide bonds. The molecule has 0 radical (unpaired) electrons. The Morgan fingerprint density at radius 2 is 1.90 bits per heavy atom. The van der Waals surface area contributed by atoms with Crippen LogP contribution >= 0.6 is 0 Å². The molecule has 1 fully saturated rings. The highest BCUT2D eigenvalue weighted by molar-refractivity contribution is 7.91. The fourth-order valence-electron chi connectivity index (χ4n) is 2.61. The van der Waals surface area contributed by atoms with Crippen LogP contribution < -0.4 is 10.1 Å². The van der Waals surface area contributed by atoms with E-state index in [4.69, 9.17) is 4.74 Å². The van der Waals surface area contributed by atoms with Crippen molar-refractivity contribution in [3.8, 4) is 5.75 Å². The van der Waals surface area contributed by atoms with Crippen LogP contribution in [0.15, 0.2) is 29.2 Å². The Morgan fingerprint density at radius 3 is 2.57 bits per heavy atom. The second kappa shape index (κ2) is 6.70. The molecule has 2 rings (SSSR count). The molecule has 1 aliphatic carbocycles. The standard InChI is InChI=1S/C14H19F2NO3S/c1-17-10-6-2-3-7-11(10)20-12-8-4-5-9-13(12)21(18,19)14(15)16/h4-5,8-11,14,17H,2-3,6-7H2,1H3. The Balaban J connectivity index is 2.28. The number of hydrogen-bond donors (Lipinski definition) is 1. The van der Waals surface area contributed by atoms with Crippen molar-refractivity contribution in [2.45, 2.75) is 48.5 Å². The number of hydrogen-bond acceptors (Lipinski definition) is 4. The number of alkyl halides is 2. The summed E-state index contributed by atoms with van der Waals surface area (Å²) < 4.78 is 54.6. The maximum Gasteiger partial charge on any atom is 0.341 e. The number of benzene rings is 1. The third-order valence-electron chi connectivity index (χ3n) is 3.74. The van der Waals surface area contributed by atoms with Gasteiger partial charge in [0, 0.05) is 6.04 Å². The van der Waals surface area contributed by atoms with Crippen molar-refractivity contribution in [2.75, 3.05) is 7.05 Å². The molecule has 0 aromatic heterocycles. The number of likely N-dealkylation sites (N-methyl/N-ethyl adjacent to an activating group) is 1. The van der Waals surface area contributed by atoms with Crippen molar-refractivity contribution < 1.29 is 21.9 Å². The Kier molecular flexibility index (Phi) is 5.16. The molecule has 2 atom stereocenters. The molecule has 1 aliphatic rings. The summed E-state index contributed by atoms with van der Waals surface area (Å²) in [5.74, 6) is -3.45. The number of ether oxygens (including phenoxy) is 1. The molecule has 0 aliphatic heterocycles. The summed E-state index contributed by atoms with van der Waals surface area (Å²) in [7, 11) is -2.85. The largest absolute Gasteiger partial charge is 0.487 e. The summed E-state index contributed by atoms with van der Waals surface area (Å²) in [6.45, 7) is 0. The molecule has 0 spiro atoms. The van der Waals surface area contributed by atoms with Crippen molar-refractivity contribution in [1.82, 2.24) is 5.32 Å². The lowest BCUT2D eigenvalue weighted by molar-refractivity contribution is 0.114. The van der Waals surface area contributed by atoms with Gasteiger partial charge in [-0.05, 0) is 38.4 Å². The minimum Gasteiger partial charge on any atom is -0.487 e. The molecule has 21 heavy (non-hydrogen) atoms. The van der Waals surface area contributed by atoms with Crippen molar-refractivity contribution in [3.05, 3.63) is 24.3 Å². The molecular formula is C14H19F2NO3S. The molecular weight excluding hydrogens is 300 g/mol. The average Bonchev–Trinajstić information content (AvgIpc) is 2.48. The van der Waals surface area contributed by atoms with Gasteiger partial charge in [0.05, 0.1) is 0 Å². The first-order chi connectivity index (χ1) is 9.96. The topological polar surface area (TPSA) is 55.4 Å². The van der Waals surface area contributed by atoms with Gasteiger partial charge in [-0.2, -0.15) is 8.78 Å². The summed E-state index contributed by atoms with van der Waals surface area (Å²) in [6, 6.07) is 5.68. The zero-order valence-electron chi connectivity index (χ0n) is 11.8. The maximum atomic E-state index is 12.7. The Hall–Kier alpha value is -1.21. The predicted octanol–water partition coefficient (Wildman–Crippen LogP) is 2.59. The first kappa shape index (κ1) is 16.2. The molecule has 1 aromatic rings. The highest BCUT2D eigenvalue weighted by atomic mass is 32.2. The number of halogens is 2. The fraction of sp³-hybridized carbons (Fsp3) is 0.571. The third-order valence-corrected chi connectivity index (χ3v) is 5.16. The van der Waals surface area contributed by atoms with Crippen LogP contribution in [0.4, 0.5) is 8.78 Å². The van der Waals surface area contributed by atoms with Crippen molar-refractivity contribution in [3.63, 3.8) is 0 Å². The van der Waals surface area contributed by atoms with Gasteiger partial charge in [-0.1, -0.05) is 18.6 Å². The van der Waals surface area contributed by atoms with Gasteiger partial charge in [0.1, 0.15) is 16.7 Å². The average molecular weight is 319 g/mol. The number of sulfone groups is 1. The van der Waals surface area contributed by atoms with Crippen LogP contribution in [-0.2, 0) is 9.84 Å². The van der Waals surface area contributed by atoms with Gasteiger partial charge < -0.3 is 10.1 Å². The lowest BCUT2D eigenvalue weighted by atomic mass is 9.92. The van der Waals surface area contributed by atoms with Gasteiger partial charge in [0.25, 0.3) is 0 Å². The predicted molar refractivity (Wildman–Crippen MR) is 75.4 cm³/mol. The van der Waals surface area contributed by atoms with Crippen molar-refractivity contribution in [1.29, 1.82) is 0 Å². The zero-order chi connectivity index (χ0) is 15.5. The smallest absolute Gasteiger partial charge is 0.341 e. The van der Waals surface area contributed by atoms with Crippen LogP contribution in [0.3, 0.4) is 0 Å². The van der Waals surface area contributed by atoms with Crippen LogP contribution in [0.5, 0.6) is 5.75 Å². The molecule has 0 saturated heterocycles. The second-order valence-corrected chi connectivity index (χ2v) is 6.97. The maximum absolute atomic E-state index is 12.7. The molecule has 0 bridgehead atoms. The van der Waals surface area contributed by atoms with Crippen LogP contribution in [0, 0.1) is 0 Å².